The molecule has 0 aliphatic carbocycles. The largest absolute Gasteiger partial charge is 0.508 e. The van der Waals surface area contributed by atoms with Gasteiger partial charge in [0.15, 0.2) is 0 Å². The number of halogens is 1. The van der Waals surface area contributed by atoms with E-state index in [9.17, 15) is 5.11 Å². The van der Waals surface area contributed by atoms with Crippen LogP contribution in [0.1, 0.15) is 0 Å². The van der Waals surface area contributed by atoms with E-state index in [0.717, 1.165) is 5.56 Å². The van der Waals surface area contributed by atoms with Crippen LogP contribution in [-0.4, -0.2) is 20.2 Å². The number of rotatable bonds is 2. The minimum atomic E-state index is 0.179. The maximum Gasteiger partial charge on any atom is 0.258 e. The maximum absolute atomic E-state index is 9.23. The van der Waals surface area contributed by atoms with Gasteiger partial charge in [0, 0.05) is 11.8 Å². The summed E-state index contributed by atoms with van der Waals surface area (Å²) in [5, 5.41) is 13.4. The molecule has 0 saturated heterocycles. The van der Waals surface area contributed by atoms with Crippen molar-refractivity contribution in [2.24, 2.45) is 0 Å². The molecule has 0 amide bonds. The van der Waals surface area contributed by atoms with E-state index in [4.69, 9.17) is 16.1 Å². The van der Waals surface area contributed by atoms with Gasteiger partial charge in [-0.05, 0) is 36.4 Å². The van der Waals surface area contributed by atoms with Gasteiger partial charge in [-0.3, -0.25) is 0 Å². The van der Waals surface area contributed by atoms with Gasteiger partial charge in [-0.15, -0.1) is 0 Å². The molecule has 19 heavy (non-hydrogen) atoms. The van der Waals surface area contributed by atoms with E-state index in [1.54, 1.807) is 42.6 Å². The topological polar surface area (TPSA) is 72.0 Å². The van der Waals surface area contributed by atoms with Crippen LogP contribution in [0.3, 0.4) is 0 Å². The first-order valence-electron chi connectivity index (χ1n) is 5.48. The molecule has 1 N–H and O–H groups in total. The smallest absolute Gasteiger partial charge is 0.258 e. The van der Waals surface area contributed by atoms with Crippen LogP contribution >= 0.6 is 11.6 Å². The monoisotopic (exact) mass is 273 g/mol. The van der Waals surface area contributed by atoms with Crippen molar-refractivity contribution < 1.29 is 9.63 Å². The van der Waals surface area contributed by atoms with Crippen LogP contribution in [0.4, 0.5) is 0 Å². The summed E-state index contributed by atoms with van der Waals surface area (Å²) >= 11 is 5.97. The summed E-state index contributed by atoms with van der Waals surface area (Å²) in [5.41, 5.74) is 1.33. The summed E-state index contributed by atoms with van der Waals surface area (Å²) in [4.78, 5) is 8.22. The van der Waals surface area contributed by atoms with Crippen molar-refractivity contribution in [2.75, 3.05) is 0 Å². The Hall–Kier alpha value is -2.40. The van der Waals surface area contributed by atoms with Crippen molar-refractivity contribution >= 4 is 11.6 Å². The first kappa shape index (κ1) is 11.7. The van der Waals surface area contributed by atoms with E-state index in [1.165, 1.54) is 0 Å². The molecule has 0 bridgehead atoms. The van der Waals surface area contributed by atoms with Crippen LogP contribution in [0.5, 0.6) is 5.75 Å². The highest BCUT2D eigenvalue weighted by atomic mass is 35.5. The second kappa shape index (κ2) is 4.70. The summed E-state index contributed by atoms with van der Waals surface area (Å²) in [5.74, 6) is 0.912. The van der Waals surface area contributed by atoms with Gasteiger partial charge in [-0.1, -0.05) is 16.8 Å². The number of phenolic OH excluding ortho intramolecular Hbond substituents is 1. The Morgan fingerprint density at radius 2 is 1.89 bits per heavy atom. The Morgan fingerprint density at radius 3 is 2.63 bits per heavy atom. The quantitative estimate of drug-likeness (QED) is 0.726. The van der Waals surface area contributed by atoms with Crippen LogP contribution in [0.15, 0.2) is 47.1 Å². The number of hydrogen-bond donors (Lipinski definition) is 1. The molecule has 1 aromatic carbocycles. The third-order valence-electron chi connectivity index (χ3n) is 2.54. The van der Waals surface area contributed by atoms with Crippen LogP contribution in [0, 0.1) is 0 Å². The van der Waals surface area contributed by atoms with Gasteiger partial charge in [0.2, 0.25) is 5.82 Å². The predicted molar refractivity (Wildman–Crippen MR) is 69.6 cm³/mol. The average molecular weight is 274 g/mol. The van der Waals surface area contributed by atoms with Crippen LogP contribution in [0.25, 0.3) is 22.8 Å². The zero-order valence-corrected chi connectivity index (χ0v) is 10.4. The fraction of sp³-hybridized carbons (Fsp3) is 0. The number of aromatic nitrogens is 3. The number of nitrogens with zero attached hydrogens (tertiary/aromatic N) is 3. The maximum atomic E-state index is 9.23. The molecule has 6 heteroatoms. The SMILES string of the molecule is Oc1ccc(-c2nc(-c3cccnc3Cl)no2)cc1. The minimum Gasteiger partial charge on any atom is -0.508 e. The highest BCUT2D eigenvalue weighted by molar-refractivity contribution is 6.31. The molecular weight excluding hydrogens is 266 g/mol. The molecule has 3 rings (SSSR count). The Morgan fingerprint density at radius 1 is 1.11 bits per heavy atom. The van der Waals surface area contributed by atoms with Gasteiger partial charge < -0.3 is 9.63 Å². The lowest BCUT2D eigenvalue weighted by atomic mass is 10.2. The van der Waals surface area contributed by atoms with Crippen molar-refractivity contribution in [3.05, 3.63) is 47.7 Å². The standard InChI is InChI=1S/C13H8ClN3O2/c14-11-10(2-1-7-15-11)12-16-13(19-17-12)8-3-5-9(18)6-4-8/h1-7,18H. The fourth-order valence-electron chi connectivity index (χ4n) is 1.61. The van der Waals surface area contributed by atoms with Gasteiger partial charge in [0.1, 0.15) is 10.9 Å². The molecular formula is C13H8ClN3O2. The Bertz CT molecular complexity index is 710. The Labute approximate surface area is 113 Å². The van der Waals surface area contributed by atoms with Gasteiger partial charge >= 0.3 is 0 Å². The summed E-state index contributed by atoms with van der Waals surface area (Å²) in [6.45, 7) is 0. The van der Waals surface area contributed by atoms with Gasteiger partial charge in [0.25, 0.3) is 5.89 Å². The molecule has 0 aliphatic rings. The lowest BCUT2D eigenvalue weighted by molar-refractivity contribution is 0.432. The highest BCUT2D eigenvalue weighted by Gasteiger charge is 2.13. The molecule has 2 heterocycles. The summed E-state index contributed by atoms with van der Waals surface area (Å²) in [6, 6.07) is 10.0. The van der Waals surface area contributed by atoms with E-state index < -0.39 is 0 Å². The first-order chi connectivity index (χ1) is 9.24. The van der Waals surface area contributed by atoms with E-state index in [2.05, 4.69) is 15.1 Å². The van der Waals surface area contributed by atoms with Crippen LogP contribution in [0.2, 0.25) is 5.15 Å². The fourth-order valence-corrected chi connectivity index (χ4v) is 1.81. The first-order valence-corrected chi connectivity index (χ1v) is 5.86. The Kier molecular flexibility index (Phi) is 2.89. The van der Waals surface area contributed by atoms with E-state index in [1.807, 2.05) is 0 Å². The molecule has 5 nitrogen and oxygen atoms in total. The highest BCUT2D eigenvalue weighted by Crippen LogP contribution is 2.26. The average Bonchev–Trinajstić information content (AvgIpc) is 2.89. The van der Waals surface area contributed by atoms with Gasteiger partial charge in [0.05, 0.1) is 5.56 Å². The summed E-state index contributed by atoms with van der Waals surface area (Å²) < 4.78 is 5.17. The molecule has 0 radical (unpaired) electrons. The van der Waals surface area contributed by atoms with E-state index >= 15 is 0 Å². The van der Waals surface area contributed by atoms with E-state index in [0.29, 0.717) is 22.4 Å². The number of aromatic hydroxyl groups is 1. The molecule has 2 aromatic heterocycles. The van der Waals surface area contributed by atoms with Crippen LogP contribution in [-0.2, 0) is 0 Å². The summed E-state index contributed by atoms with van der Waals surface area (Å²) in [6.07, 6.45) is 1.59. The molecule has 0 fully saturated rings. The van der Waals surface area contributed by atoms with Crippen LogP contribution < -0.4 is 0 Å². The zero-order chi connectivity index (χ0) is 13.2. The zero-order valence-electron chi connectivity index (χ0n) is 9.62. The second-order valence-electron chi connectivity index (χ2n) is 3.81. The van der Waals surface area contributed by atoms with E-state index in [-0.39, 0.29) is 5.75 Å². The minimum absolute atomic E-state index is 0.179. The molecule has 0 spiro atoms. The number of benzene rings is 1. The molecule has 0 unspecified atom stereocenters. The van der Waals surface area contributed by atoms with Crippen molar-refractivity contribution in [1.82, 2.24) is 15.1 Å². The lowest BCUT2D eigenvalue weighted by Crippen LogP contribution is -1.84. The lowest BCUT2D eigenvalue weighted by Gasteiger charge is -1.95. The molecule has 3 aromatic rings. The number of phenols is 1. The Balaban J connectivity index is 2.00. The number of pyridine rings is 1. The van der Waals surface area contributed by atoms with Crippen molar-refractivity contribution in [1.29, 1.82) is 0 Å². The second-order valence-corrected chi connectivity index (χ2v) is 4.17. The summed E-state index contributed by atoms with van der Waals surface area (Å²) in [7, 11) is 0. The third kappa shape index (κ3) is 2.28. The molecule has 94 valence electrons. The normalized spacial score (nSPS) is 10.6. The van der Waals surface area contributed by atoms with Crippen molar-refractivity contribution in [2.45, 2.75) is 0 Å². The van der Waals surface area contributed by atoms with Gasteiger partial charge in [-0.25, -0.2) is 4.98 Å². The van der Waals surface area contributed by atoms with Crippen molar-refractivity contribution in [3.63, 3.8) is 0 Å². The molecule has 0 atom stereocenters. The molecule has 0 aliphatic heterocycles. The predicted octanol–water partition coefficient (Wildman–Crippen LogP) is 3.16. The van der Waals surface area contributed by atoms with Gasteiger partial charge in [-0.2, -0.15) is 4.98 Å². The van der Waals surface area contributed by atoms with Crippen molar-refractivity contribution in [3.8, 4) is 28.6 Å². The molecule has 0 saturated carbocycles. The number of hydrogen-bond acceptors (Lipinski definition) is 5. The third-order valence-corrected chi connectivity index (χ3v) is 2.84.